The summed E-state index contributed by atoms with van der Waals surface area (Å²) >= 11 is 5.75. The van der Waals surface area contributed by atoms with Gasteiger partial charge in [-0.15, -0.1) is 0 Å². The third kappa shape index (κ3) is 2.70. The number of hydrogen-bond acceptors (Lipinski definition) is 0. The maximum absolute atomic E-state index is 12.9. The molecule has 0 aliphatic carbocycles. The fraction of sp³-hybridized carbons (Fsp3) is 0.455. The van der Waals surface area contributed by atoms with Gasteiger partial charge in [0, 0.05) is 5.02 Å². The van der Waals surface area contributed by atoms with E-state index in [1.54, 1.807) is 6.92 Å². The summed E-state index contributed by atoms with van der Waals surface area (Å²) in [6, 6.07) is 1.36. The van der Waals surface area contributed by atoms with Crippen LogP contribution in [0, 0.1) is 26.6 Å². The molecular formula is C11H16ClF. The van der Waals surface area contributed by atoms with Crippen molar-refractivity contribution in [2.75, 3.05) is 0 Å². The maximum Gasteiger partial charge on any atom is 0.127 e. The van der Waals surface area contributed by atoms with Crippen molar-refractivity contribution in [3.63, 3.8) is 0 Å². The molecule has 2 heteroatoms. The maximum atomic E-state index is 12.9. The largest absolute Gasteiger partial charge is 0.207 e. The Kier molecular flexibility index (Phi) is 5.01. The van der Waals surface area contributed by atoms with Crippen LogP contribution >= 0.6 is 11.6 Å². The van der Waals surface area contributed by atoms with E-state index >= 15 is 0 Å². The summed E-state index contributed by atoms with van der Waals surface area (Å²) in [7, 11) is 0. The van der Waals surface area contributed by atoms with Crippen molar-refractivity contribution in [3.8, 4) is 0 Å². The summed E-state index contributed by atoms with van der Waals surface area (Å²) < 4.78 is 12.9. The van der Waals surface area contributed by atoms with Crippen LogP contribution in [-0.4, -0.2) is 0 Å². The minimum Gasteiger partial charge on any atom is -0.207 e. The van der Waals surface area contributed by atoms with E-state index in [0.29, 0.717) is 10.6 Å². The molecule has 0 nitrogen and oxygen atoms in total. The monoisotopic (exact) mass is 202 g/mol. The lowest BCUT2D eigenvalue weighted by Gasteiger charge is -2.06. The highest BCUT2D eigenvalue weighted by Gasteiger charge is 2.06. The zero-order valence-electron chi connectivity index (χ0n) is 8.83. The zero-order chi connectivity index (χ0) is 10.6. The first-order valence-electron chi connectivity index (χ1n) is 4.46. The third-order valence-corrected chi connectivity index (χ3v) is 2.49. The van der Waals surface area contributed by atoms with Gasteiger partial charge in [0.1, 0.15) is 5.82 Å². The highest BCUT2D eigenvalue weighted by atomic mass is 35.5. The quantitative estimate of drug-likeness (QED) is 0.584. The van der Waals surface area contributed by atoms with E-state index in [1.165, 1.54) is 6.07 Å². The fourth-order valence-corrected chi connectivity index (χ4v) is 1.20. The van der Waals surface area contributed by atoms with Gasteiger partial charge in [-0.2, -0.15) is 0 Å². The van der Waals surface area contributed by atoms with Crippen LogP contribution in [-0.2, 0) is 0 Å². The van der Waals surface area contributed by atoms with Gasteiger partial charge < -0.3 is 0 Å². The predicted molar refractivity (Wildman–Crippen MR) is 57.0 cm³/mol. The lowest BCUT2D eigenvalue weighted by molar-refractivity contribution is 0.616. The highest BCUT2D eigenvalue weighted by molar-refractivity contribution is 6.31. The molecule has 0 saturated carbocycles. The average molecular weight is 203 g/mol. The molecule has 0 spiro atoms. The molecule has 0 aliphatic rings. The van der Waals surface area contributed by atoms with Gasteiger partial charge in [-0.3, -0.25) is 0 Å². The summed E-state index contributed by atoms with van der Waals surface area (Å²) in [5.41, 5.74) is 2.59. The Hall–Kier alpha value is -0.560. The van der Waals surface area contributed by atoms with Crippen molar-refractivity contribution in [2.24, 2.45) is 0 Å². The average Bonchev–Trinajstić information content (AvgIpc) is 2.15. The molecule has 0 aromatic heterocycles. The van der Waals surface area contributed by atoms with Crippen LogP contribution in [0.4, 0.5) is 4.39 Å². The Morgan fingerprint density at radius 1 is 1.00 bits per heavy atom. The predicted octanol–water partition coefficient (Wildman–Crippen LogP) is 4.43. The number of hydrogen-bond donors (Lipinski definition) is 0. The van der Waals surface area contributed by atoms with Gasteiger partial charge in [0.15, 0.2) is 0 Å². The van der Waals surface area contributed by atoms with Gasteiger partial charge in [-0.1, -0.05) is 25.4 Å². The van der Waals surface area contributed by atoms with Crippen molar-refractivity contribution in [1.82, 2.24) is 0 Å². The molecule has 0 amide bonds. The van der Waals surface area contributed by atoms with Crippen LogP contribution < -0.4 is 0 Å². The Morgan fingerprint density at radius 3 is 1.92 bits per heavy atom. The van der Waals surface area contributed by atoms with Crippen molar-refractivity contribution < 1.29 is 4.39 Å². The van der Waals surface area contributed by atoms with E-state index in [1.807, 2.05) is 27.7 Å². The number of benzene rings is 1. The van der Waals surface area contributed by atoms with E-state index in [0.717, 1.165) is 11.1 Å². The van der Waals surface area contributed by atoms with Crippen LogP contribution in [0.25, 0.3) is 0 Å². The molecule has 1 aromatic carbocycles. The standard InChI is InChI=1S/C9H10ClF.C2H6/c1-5-6(2)8(10)4-9(11)7(5)3;1-2/h4H,1-3H3;1-2H3. The normalized spacial score (nSPS) is 9.15. The summed E-state index contributed by atoms with van der Waals surface area (Å²) in [6.45, 7) is 9.53. The SMILES string of the molecule is CC.Cc1c(F)cc(Cl)c(C)c1C. The first-order chi connectivity index (χ1) is 6.04. The van der Waals surface area contributed by atoms with Crippen molar-refractivity contribution in [2.45, 2.75) is 34.6 Å². The molecule has 0 heterocycles. The van der Waals surface area contributed by atoms with Gasteiger partial charge in [-0.25, -0.2) is 4.39 Å². The number of halogens is 2. The van der Waals surface area contributed by atoms with Gasteiger partial charge in [0.2, 0.25) is 0 Å². The van der Waals surface area contributed by atoms with Gasteiger partial charge >= 0.3 is 0 Å². The van der Waals surface area contributed by atoms with Crippen molar-refractivity contribution >= 4 is 11.6 Å². The molecule has 13 heavy (non-hydrogen) atoms. The van der Waals surface area contributed by atoms with Gasteiger partial charge in [0.05, 0.1) is 0 Å². The van der Waals surface area contributed by atoms with Crippen molar-refractivity contribution in [3.05, 3.63) is 33.6 Å². The van der Waals surface area contributed by atoms with Gasteiger partial charge in [0.25, 0.3) is 0 Å². The fourth-order valence-electron chi connectivity index (χ4n) is 0.967. The van der Waals surface area contributed by atoms with Crippen LogP contribution in [0.15, 0.2) is 6.07 Å². The lowest BCUT2D eigenvalue weighted by atomic mass is 10.0. The molecule has 0 unspecified atom stereocenters. The molecule has 0 saturated heterocycles. The second kappa shape index (κ2) is 5.23. The van der Waals surface area contributed by atoms with E-state index < -0.39 is 0 Å². The highest BCUT2D eigenvalue weighted by Crippen LogP contribution is 2.23. The molecule has 74 valence electrons. The molecule has 0 fully saturated rings. The second-order valence-corrected chi connectivity index (χ2v) is 3.12. The summed E-state index contributed by atoms with van der Waals surface area (Å²) in [4.78, 5) is 0. The molecule has 1 rings (SSSR count). The Balaban J connectivity index is 0.000000671. The number of rotatable bonds is 0. The van der Waals surface area contributed by atoms with E-state index in [-0.39, 0.29) is 5.82 Å². The summed E-state index contributed by atoms with van der Waals surface area (Å²) in [5, 5.41) is 0.505. The smallest absolute Gasteiger partial charge is 0.127 e. The molecule has 0 aliphatic heterocycles. The van der Waals surface area contributed by atoms with E-state index in [2.05, 4.69) is 0 Å². The second-order valence-electron chi connectivity index (χ2n) is 2.72. The Bertz CT molecular complexity index is 266. The first kappa shape index (κ1) is 12.4. The summed E-state index contributed by atoms with van der Waals surface area (Å²) in [6.07, 6.45) is 0. The van der Waals surface area contributed by atoms with E-state index in [9.17, 15) is 4.39 Å². The zero-order valence-corrected chi connectivity index (χ0v) is 9.59. The van der Waals surface area contributed by atoms with E-state index in [4.69, 9.17) is 11.6 Å². The van der Waals surface area contributed by atoms with Crippen LogP contribution in [0.1, 0.15) is 30.5 Å². The molecule has 0 radical (unpaired) electrons. The minimum atomic E-state index is -0.224. The third-order valence-electron chi connectivity index (χ3n) is 2.09. The molecular weight excluding hydrogens is 187 g/mol. The van der Waals surface area contributed by atoms with Crippen LogP contribution in [0.2, 0.25) is 5.02 Å². The van der Waals surface area contributed by atoms with Crippen LogP contribution in [0.5, 0.6) is 0 Å². The minimum absolute atomic E-state index is 0.224. The molecule has 0 atom stereocenters. The van der Waals surface area contributed by atoms with Crippen molar-refractivity contribution in [1.29, 1.82) is 0 Å². The Labute approximate surface area is 84.7 Å². The molecule has 1 aromatic rings. The molecule has 0 bridgehead atoms. The summed E-state index contributed by atoms with van der Waals surface area (Å²) in [5.74, 6) is -0.224. The lowest BCUT2D eigenvalue weighted by Crippen LogP contribution is -1.91. The Morgan fingerprint density at radius 2 is 1.46 bits per heavy atom. The first-order valence-corrected chi connectivity index (χ1v) is 4.83. The van der Waals surface area contributed by atoms with Gasteiger partial charge in [-0.05, 0) is 43.5 Å². The topological polar surface area (TPSA) is 0 Å². The molecule has 0 N–H and O–H groups in total. The van der Waals surface area contributed by atoms with Crippen LogP contribution in [0.3, 0.4) is 0 Å².